The summed E-state index contributed by atoms with van der Waals surface area (Å²) in [6.45, 7) is 3.74. The minimum absolute atomic E-state index is 0.0323. The molecule has 0 aliphatic carbocycles. The number of benzene rings is 1. The molecule has 1 unspecified atom stereocenters. The maximum atomic E-state index is 5.91. The van der Waals surface area contributed by atoms with Crippen molar-refractivity contribution in [1.82, 2.24) is 5.32 Å². The first kappa shape index (κ1) is 11.4. The Morgan fingerprint density at radius 3 is 2.94 bits per heavy atom. The SMILES string of the molecule is CCNC(C1=CCCO1)c1cc2ccccc2o1. The first-order valence-electron chi connectivity index (χ1n) is 6.43. The molecule has 1 aliphatic heterocycles. The zero-order valence-electron chi connectivity index (χ0n) is 10.5. The van der Waals surface area contributed by atoms with Gasteiger partial charge in [-0.2, -0.15) is 0 Å². The average Bonchev–Trinajstić information content (AvgIpc) is 3.04. The molecule has 0 fully saturated rings. The Labute approximate surface area is 106 Å². The molecular weight excluding hydrogens is 226 g/mol. The quantitative estimate of drug-likeness (QED) is 0.893. The van der Waals surface area contributed by atoms with E-state index in [1.165, 1.54) is 0 Å². The Bertz CT molecular complexity index is 538. The van der Waals surface area contributed by atoms with E-state index in [-0.39, 0.29) is 6.04 Å². The Kier molecular flexibility index (Phi) is 3.07. The molecule has 3 rings (SSSR count). The van der Waals surface area contributed by atoms with Gasteiger partial charge in [-0.05, 0) is 24.8 Å². The number of likely N-dealkylation sites (N-methyl/N-ethyl adjacent to an activating group) is 1. The van der Waals surface area contributed by atoms with Crippen molar-refractivity contribution in [3.8, 4) is 0 Å². The zero-order chi connectivity index (χ0) is 12.4. The van der Waals surface area contributed by atoms with Crippen LogP contribution in [0.5, 0.6) is 0 Å². The van der Waals surface area contributed by atoms with Gasteiger partial charge in [0.25, 0.3) is 0 Å². The van der Waals surface area contributed by atoms with E-state index in [4.69, 9.17) is 9.15 Å². The summed E-state index contributed by atoms with van der Waals surface area (Å²) in [6.07, 6.45) is 3.12. The van der Waals surface area contributed by atoms with Crippen LogP contribution in [0.3, 0.4) is 0 Å². The lowest BCUT2D eigenvalue weighted by Crippen LogP contribution is -2.22. The second-order valence-electron chi connectivity index (χ2n) is 4.42. The van der Waals surface area contributed by atoms with Gasteiger partial charge in [0, 0.05) is 11.8 Å². The lowest BCUT2D eigenvalue weighted by Gasteiger charge is -2.16. The normalized spacial score (nSPS) is 16.6. The van der Waals surface area contributed by atoms with Crippen molar-refractivity contribution in [2.45, 2.75) is 19.4 Å². The fourth-order valence-corrected chi connectivity index (χ4v) is 2.33. The lowest BCUT2D eigenvalue weighted by atomic mass is 10.1. The molecule has 1 aromatic carbocycles. The highest BCUT2D eigenvalue weighted by molar-refractivity contribution is 5.77. The molecule has 0 saturated heterocycles. The molecule has 0 amide bonds. The summed E-state index contributed by atoms with van der Waals surface area (Å²) in [4.78, 5) is 0. The van der Waals surface area contributed by atoms with E-state index < -0.39 is 0 Å². The highest BCUT2D eigenvalue weighted by Crippen LogP contribution is 2.30. The molecule has 1 N–H and O–H groups in total. The number of rotatable bonds is 4. The van der Waals surface area contributed by atoms with Gasteiger partial charge in [-0.15, -0.1) is 0 Å². The van der Waals surface area contributed by atoms with E-state index in [1.54, 1.807) is 0 Å². The maximum Gasteiger partial charge on any atom is 0.134 e. The molecule has 0 bridgehead atoms. The molecule has 0 saturated carbocycles. The van der Waals surface area contributed by atoms with Crippen LogP contribution in [0.1, 0.15) is 25.1 Å². The summed E-state index contributed by atoms with van der Waals surface area (Å²) in [5, 5.41) is 4.55. The molecular formula is C15H17NO2. The highest BCUT2D eigenvalue weighted by Gasteiger charge is 2.23. The zero-order valence-corrected chi connectivity index (χ0v) is 10.5. The molecule has 0 spiro atoms. The summed E-state index contributed by atoms with van der Waals surface area (Å²) in [5.74, 6) is 1.90. The summed E-state index contributed by atoms with van der Waals surface area (Å²) in [7, 11) is 0. The topological polar surface area (TPSA) is 34.4 Å². The van der Waals surface area contributed by atoms with Crippen LogP contribution in [0.15, 0.2) is 46.6 Å². The maximum absolute atomic E-state index is 5.91. The van der Waals surface area contributed by atoms with E-state index in [0.717, 1.165) is 42.1 Å². The predicted octanol–water partition coefficient (Wildman–Crippen LogP) is 3.39. The summed E-state index contributed by atoms with van der Waals surface area (Å²) in [6, 6.07) is 10.2. The lowest BCUT2D eigenvalue weighted by molar-refractivity contribution is 0.209. The third-order valence-electron chi connectivity index (χ3n) is 3.15. The van der Waals surface area contributed by atoms with Crippen LogP contribution in [-0.2, 0) is 4.74 Å². The Balaban J connectivity index is 1.98. The van der Waals surface area contributed by atoms with Crippen LogP contribution in [0.25, 0.3) is 11.0 Å². The van der Waals surface area contributed by atoms with Gasteiger partial charge in [0.2, 0.25) is 0 Å². The van der Waals surface area contributed by atoms with Gasteiger partial charge in [-0.25, -0.2) is 0 Å². The average molecular weight is 243 g/mol. The van der Waals surface area contributed by atoms with Crippen LogP contribution in [0.2, 0.25) is 0 Å². The number of fused-ring (bicyclic) bond motifs is 1. The summed E-state index contributed by atoms with van der Waals surface area (Å²) in [5.41, 5.74) is 0.925. The Morgan fingerprint density at radius 1 is 1.33 bits per heavy atom. The molecule has 3 nitrogen and oxygen atoms in total. The van der Waals surface area contributed by atoms with E-state index in [2.05, 4.69) is 30.4 Å². The van der Waals surface area contributed by atoms with Gasteiger partial charge in [-0.1, -0.05) is 25.1 Å². The first-order valence-corrected chi connectivity index (χ1v) is 6.43. The van der Waals surface area contributed by atoms with Gasteiger partial charge >= 0.3 is 0 Å². The summed E-state index contributed by atoms with van der Waals surface area (Å²) >= 11 is 0. The van der Waals surface area contributed by atoms with Crippen molar-refractivity contribution in [3.05, 3.63) is 47.9 Å². The monoisotopic (exact) mass is 243 g/mol. The molecule has 3 heteroatoms. The van der Waals surface area contributed by atoms with E-state index in [1.807, 2.05) is 18.2 Å². The van der Waals surface area contributed by atoms with E-state index >= 15 is 0 Å². The minimum Gasteiger partial charge on any atom is -0.496 e. The van der Waals surface area contributed by atoms with Crippen molar-refractivity contribution in [3.63, 3.8) is 0 Å². The smallest absolute Gasteiger partial charge is 0.134 e. The fourth-order valence-electron chi connectivity index (χ4n) is 2.33. The van der Waals surface area contributed by atoms with E-state index in [0.29, 0.717) is 0 Å². The van der Waals surface area contributed by atoms with Crippen LogP contribution < -0.4 is 5.32 Å². The number of hydrogen-bond acceptors (Lipinski definition) is 3. The van der Waals surface area contributed by atoms with Gasteiger partial charge in [-0.3, -0.25) is 0 Å². The molecule has 0 radical (unpaired) electrons. The molecule has 1 atom stereocenters. The van der Waals surface area contributed by atoms with Crippen LogP contribution in [-0.4, -0.2) is 13.2 Å². The molecule has 1 aromatic heterocycles. The standard InChI is InChI=1S/C15H17NO2/c1-2-16-15(13-8-5-9-17-13)14-10-11-6-3-4-7-12(11)18-14/h3-4,6-8,10,15-16H,2,5,9H2,1H3. The van der Waals surface area contributed by atoms with Gasteiger partial charge in [0.05, 0.1) is 6.61 Å². The summed E-state index contributed by atoms with van der Waals surface area (Å²) < 4.78 is 11.6. The minimum atomic E-state index is 0.0323. The number of ether oxygens (including phenoxy) is 1. The van der Waals surface area contributed by atoms with Crippen molar-refractivity contribution in [2.24, 2.45) is 0 Å². The largest absolute Gasteiger partial charge is 0.496 e. The highest BCUT2D eigenvalue weighted by atomic mass is 16.5. The first-order chi connectivity index (χ1) is 8.88. The Morgan fingerprint density at radius 2 is 2.22 bits per heavy atom. The number of furan rings is 1. The van der Waals surface area contributed by atoms with Crippen molar-refractivity contribution >= 4 is 11.0 Å². The third-order valence-corrected chi connectivity index (χ3v) is 3.15. The van der Waals surface area contributed by atoms with Crippen LogP contribution in [0, 0.1) is 0 Å². The van der Waals surface area contributed by atoms with Gasteiger partial charge < -0.3 is 14.5 Å². The fraction of sp³-hybridized carbons (Fsp3) is 0.333. The van der Waals surface area contributed by atoms with Crippen LogP contribution in [0.4, 0.5) is 0 Å². The molecule has 1 aliphatic rings. The molecule has 2 aromatic rings. The van der Waals surface area contributed by atoms with E-state index in [9.17, 15) is 0 Å². The molecule has 2 heterocycles. The number of nitrogens with one attached hydrogen (secondary N) is 1. The van der Waals surface area contributed by atoms with Crippen LogP contribution >= 0.6 is 0 Å². The number of para-hydroxylation sites is 1. The van der Waals surface area contributed by atoms with Gasteiger partial charge in [0.15, 0.2) is 0 Å². The second-order valence-corrected chi connectivity index (χ2v) is 4.42. The predicted molar refractivity (Wildman–Crippen MR) is 71.3 cm³/mol. The van der Waals surface area contributed by atoms with Crippen molar-refractivity contribution in [1.29, 1.82) is 0 Å². The second kappa shape index (κ2) is 4.86. The number of hydrogen-bond donors (Lipinski definition) is 1. The van der Waals surface area contributed by atoms with Gasteiger partial charge in [0.1, 0.15) is 23.1 Å². The Hall–Kier alpha value is -1.74. The molecule has 18 heavy (non-hydrogen) atoms. The van der Waals surface area contributed by atoms with Crippen molar-refractivity contribution < 1.29 is 9.15 Å². The molecule has 94 valence electrons. The third kappa shape index (κ3) is 2.02. The van der Waals surface area contributed by atoms with Crippen molar-refractivity contribution in [2.75, 3.05) is 13.2 Å².